The molecule has 0 spiro atoms. The number of carbonyl (C=O) groups is 1. The van der Waals surface area contributed by atoms with Crippen molar-refractivity contribution in [3.8, 4) is 0 Å². The molecule has 0 aromatic carbocycles. The fourth-order valence-corrected chi connectivity index (χ4v) is 4.07. The van der Waals surface area contributed by atoms with E-state index in [9.17, 15) is 13.2 Å². The highest BCUT2D eigenvalue weighted by Crippen LogP contribution is 2.16. The monoisotopic (exact) mass is 300 g/mol. The molecule has 8 heteroatoms. The molecule has 112 valence electrons. The Labute approximate surface area is 118 Å². The van der Waals surface area contributed by atoms with Gasteiger partial charge in [-0.05, 0) is 19.4 Å². The molecule has 20 heavy (non-hydrogen) atoms. The maximum absolute atomic E-state index is 12.1. The van der Waals surface area contributed by atoms with Crippen LogP contribution in [0.25, 0.3) is 0 Å². The van der Waals surface area contributed by atoms with Gasteiger partial charge in [0.25, 0.3) is 0 Å². The molecule has 7 nitrogen and oxygen atoms in total. The Kier molecular flexibility index (Phi) is 4.32. The van der Waals surface area contributed by atoms with Crippen LogP contribution >= 0.6 is 0 Å². The van der Waals surface area contributed by atoms with Gasteiger partial charge in [-0.15, -0.1) is 0 Å². The first kappa shape index (κ1) is 14.8. The highest BCUT2D eigenvalue weighted by Gasteiger charge is 2.32. The number of carbonyl (C=O) groups excluding carboxylic acids is 1. The van der Waals surface area contributed by atoms with Crippen LogP contribution in [0.1, 0.15) is 13.3 Å². The second-order valence-electron chi connectivity index (χ2n) is 5.25. The van der Waals surface area contributed by atoms with Crippen molar-refractivity contribution in [2.24, 2.45) is 0 Å². The van der Waals surface area contributed by atoms with Crippen LogP contribution in [0.5, 0.6) is 0 Å². The van der Waals surface area contributed by atoms with Crippen LogP contribution in [-0.2, 0) is 16.4 Å². The molecule has 2 rings (SSSR count). The lowest BCUT2D eigenvalue weighted by Gasteiger charge is -2.25. The fourth-order valence-electron chi connectivity index (χ4n) is 2.29. The summed E-state index contributed by atoms with van der Waals surface area (Å²) in [6.07, 6.45) is 4.03. The maximum Gasteiger partial charge on any atom is 0.317 e. The van der Waals surface area contributed by atoms with Gasteiger partial charge >= 0.3 is 6.03 Å². The summed E-state index contributed by atoms with van der Waals surface area (Å²) in [5.41, 5.74) is 0. The molecule has 1 aliphatic heterocycles. The van der Waals surface area contributed by atoms with Crippen molar-refractivity contribution in [1.29, 1.82) is 0 Å². The lowest BCUT2D eigenvalue weighted by Crippen LogP contribution is -2.48. The third-order valence-corrected chi connectivity index (χ3v) is 5.22. The normalized spacial score (nSPS) is 22.4. The Balaban J connectivity index is 1.85. The van der Waals surface area contributed by atoms with E-state index in [2.05, 4.69) is 10.4 Å². The van der Waals surface area contributed by atoms with Crippen LogP contribution in [0.2, 0.25) is 0 Å². The number of nitrogens with zero attached hydrogens (tertiary/aromatic N) is 3. The topological polar surface area (TPSA) is 84.3 Å². The fraction of sp³-hybridized carbons (Fsp3) is 0.667. The Morgan fingerprint density at radius 1 is 1.60 bits per heavy atom. The lowest BCUT2D eigenvalue weighted by molar-refractivity contribution is 0.190. The second kappa shape index (κ2) is 5.82. The van der Waals surface area contributed by atoms with Crippen molar-refractivity contribution >= 4 is 15.9 Å². The zero-order valence-corrected chi connectivity index (χ0v) is 12.5. The summed E-state index contributed by atoms with van der Waals surface area (Å²) in [4.78, 5) is 13.6. The Hall–Kier alpha value is -1.57. The summed E-state index contributed by atoms with van der Waals surface area (Å²) in [6, 6.07) is 1.27. The van der Waals surface area contributed by atoms with Crippen LogP contribution < -0.4 is 5.32 Å². The average Bonchev–Trinajstić information content (AvgIpc) is 2.97. The molecule has 0 radical (unpaired) electrons. The number of nitrogens with one attached hydrogen (secondary N) is 1. The standard InChI is InChI=1S/C12H20N4O3S/c1-10(8-16-6-3-5-13-16)14-12(17)15(2)11-4-7-20(18,19)9-11/h3,5-6,10-11H,4,7-9H2,1-2H3,(H,14,17). The molecule has 2 heterocycles. The summed E-state index contributed by atoms with van der Waals surface area (Å²) in [6.45, 7) is 2.47. The second-order valence-corrected chi connectivity index (χ2v) is 7.48. The van der Waals surface area contributed by atoms with E-state index < -0.39 is 9.84 Å². The van der Waals surface area contributed by atoms with Gasteiger partial charge in [-0.3, -0.25) is 4.68 Å². The molecule has 1 N–H and O–H groups in total. The van der Waals surface area contributed by atoms with Gasteiger partial charge in [0.15, 0.2) is 9.84 Å². The maximum atomic E-state index is 12.1. The molecule has 1 fully saturated rings. The molecule has 2 amide bonds. The molecule has 2 unspecified atom stereocenters. The first-order valence-electron chi connectivity index (χ1n) is 6.58. The van der Waals surface area contributed by atoms with Gasteiger partial charge < -0.3 is 10.2 Å². The van der Waals surface area contributed by atoms with Gasteiger partial charge in [0, 0.05) is 31.5 Å². The first-order valence-corrected chi connectivity index (χ1v) is 8.41. The van der Waals surface area contributed by atoms with Crippen LogP contribution in [0.3, 0.4) is 0 Å². The molecule has 0 saturated carbocycles. The molecule has 1 saturated heterocycles. The van der Waals surface area contributed by atoms with Crippen molar-refractivity contribution in [2.75, 3.05) is 18.6 Å². The van der Waals surface area contributed by atoms with Crippen LogP contribution in [0.4, 0.5) is 4.79 Å². The van der Waals surface area contributed by atoms with Crippen LogP contribution in [-0.4, -0.2) is 59.8 Å². The van der Waals surface area contributed by atoms with Gasteiger partial charge in [0.1, 0.15) is 0 Å². The molecule has 0 aliphatic carbocycles. The minimum atomic E-state index is -2.98. The van der Waals surface area contributed by atoms with Crippen molar-refractivity contribution in [1.82, 2.24) is 20.0 Å². The third-order valence-electron chi connectivity index (χ3n) is 3.47. The number of rotatable bonds is 4. The van der Waals surface area contributed by atoms with E-state index in [1.54, 1.807) is 17.9 Å². The zero-order chi connectivity index (χ0) is 14.8. The van der Waals surface area contributed by atoms with Gasteiger partial charge in [0.2, 0.25) is 0 Å². The van der Waals surface area contributed by atoms with E-state index >= 15 is 0 Å². The SMILES string of the molecule is CC(Cn1cccn1)NC(=O)N(C)C1CCS(=O)(=O)C1. The van der Waals surface area contributed by atoms with Crippen molar-refractivity contribution < 1.29 is 13.2 Å². The van der Waals surface area contributed by atoms with Gasteiger partial charge in [-0.1, -0.05) is 0 Å². The smallest absolute Gasteiger partial charge is 0.317 e. The average molecular weight is 300 g/mol. The highest BCUT2D eigenvalue weighted by atomic mass is 32.2. The van der Waals surface area contributed by atoms with Crippen LogP contribution in [0.15, 0.2) is 18.5 Å². The van der Waals surface area contributed by atoms with Gasteiger partial charge in [0.05, 0.1) is 18.1 Å². The van der Waals surface area contributed by atoms with E-state index in [1.807, 2.05) is 19.2 Å². The summed E-state index contributed by atoms with van der Waals surface area (Å²) in [7, 11) is -1.34. The summed E-state index contributed by atoms with van der Waals surface area (Å²) in [5, 5.41) is 6.93. The van der Waals surface area contributed by atoms with Crippen molar-refractivity contribution in [3.05, 3.63) is 18.5 Å². The molecular weight excluding hydrogens is 280 g/mol. The predicted octanol–water partition coefficient (Wildman–Crippen LogP) is 0.100. The first-order chi connectivity index (χ1) is 9.37. The van der Waals surface area contributed by atoms with E-state index in [0.29, 0.717) is 13.0 Å². The summed E-state index contributed by atoms with van der Waals surface area (Å²) in [5.74, 6) is 0.225. The van der Waals surface area contributed by atoms with Crippen molar-refractivity contribution in [2.45, 2.75) is 32.0 Å². The number of sulfone groups is 1. The number of amides is 2. The summed E-state index contributed by atoms with van der Waals surface area (Å²) >= 11 is 0. The number of hydrogen-bond donors (Lipinski definition) is 1. The molecule has 1 aromatic heterocycles. The van der Waals surface area contributed by atoms with E-state index in [1.165, 1.54) is 4.90 Å². The molecule has 1 aliphatic rings. The quantitative estimate of drug-likeness (QED) is 0.855. The minimum absolute atomic E-state index is 0.0600. The number of hydrogen-bond acceptors (Lipinski definition) is 4. The number of aromatic nitrogens is 2. The number of urea groups is 1. The molecule has 0 bridgehead atoms. The minimum Gasteiger partial charge on any atom is -0.334 e. The molecule has 2 atom stereocenters. The Morgan fingerprint density at radius 2 is 2.35 bits per heavy atom. The van der Waals surface area contributed by atoms with Crippen LogP contribution in [0, 0.1) is 0 Å². The van der Waals surface area contributed by atoms with E-state index in [0.717, 1.165) is 0 Å². The highest BCUT2D eigenvalue weighted by molar-refractivity contribution is 7.91. The van der Waals surface area contributed by atoms with E-state index in [4.69, 9.17) is 0 Å². The predicted molar refractivity (Wildman–Crippen MR) is 75.0 cm³/mol. The largest absolute Gasteiger partial charge is 0.334 e. The molecular formula is C12H20N4O3S. The van der Waals surface area contributed by atoms with E-state index in [-0.39, 0.29) is 29.6 Å². The third kappa shape index (κ3) is 3.72. The lowest BCUT2D eigenvalue weighted by atomic mass is 10.2. The molecule has 1 aromatic rings. The van der Waals surface area contributed by atoms with Gasteiger partial charge in [-0.2, -0.15) is 5.10 Å². The zero-order valence-electron chi connectivity index (χ0n) is 11.7. The van der Waals surface area contributed by atoms with Crippen molar-refractivity contribution in [3.63, 3.8) is 0 Å². The summed E-state index contributed by atoms with van der Waals surface area (Å²) < 4.78 is 24.6. The van der Waals surface area contributed by atoms with Gasteiger partial charge in [-0.25, -0.2) is 13.2 Å². The Bertz CT molecular complexity index is 555. The Morgan fingerprint density at radius 3 is 2.90 bits per heavy atom.